The molecule has 1 aromatic carbocycles. The number of carbonyl (C=O) groups is 2. The van der Waals surface area contributed by atoms with Crippen molar-refractivity contribution in [1.29, 1.82) is 0 Å². The third-order valence-corrected chi connectivity index (χ3v) is 3.50. The molecule has 152 valence electrons. The molecule has 9 heteroatoms. The van der Waals surface area contributed by atoms with Crippen LogP contribution < -0.4 is 16.2 Å². The lowest BCUT2D eigenvalue weighted by Gasteiger charge is -2.08. The standard InChI is InChI=1S/C13H16F3NO2.C6H6N2O/c14-10-5-6-11(15)13(12(10)16)19-8-9(18)4-2-1-3-7-17;7-6(9)5-1-3-8-4-2-5/h5-6H,1-4,7-8,17H2;1-4H,(H2,7,9). The number of Topliss-reactive ketones (excluding diaryl/α,β-unsaturated/α-hetero) is 1. The quantitative estimate of drug-likeness (QED) is 0.500. The van der Waals surface area contributed by atoms with Gasteiger partial charge in [0.2, 0.25) is 11.7 Å². The molecule has 0 spiro atoms. The topological polar surface area (TPSA) is 108 Å². The van der Waals surface area contributed by atoms with E-state index in [9.17, 15) is 22.8 Å². The van der Waals surface area contributed by atoms with Gasteiger partial charge in [-0.05, 0) is 43.7 Å². The molecule has 1 amide bonds. The van der Waals surface area contributed by atoms with Crippen LogP contribution in [0, 0.1) is 17.5 Å². The van der Waals surface area contributed by atoms with Gasteiger partial charge >= 0.3 is 0 Å². The number of ether oxygens (including phenoxy) is 1. The number of hydrogen-bond donors (Lipinski definition) is 2. The third-order valence-electron chi connectivity index (χ3n) is 3.50. The van der Waals surface area contributed by atoms with Crippen molar-refractivity contribution in [3.8, 4) is 5.75 Å². The molecule has 0 aliphatic heterocycles. The number of carbonyl (C=O) groups excluding carboxylic acids is 2. The predicted octanol–water partition coefficient (Wildman–Crippen LogP) is 2.75. The first-order chi connectivity index (χ1) is 13.4. The monoisotopic (exact) mass is 397 g/mol. The van der Waals surface area contributed by atoms with Crippen LogP contribution >= 0.6 is 0 Å². The first-order valence-corrected chi connectivity index (χ1v) is 8.54. The lowest BCUT2D eigenvalue weighted by Crippen LogP contribution is -2.13. The molecule has 0 saturated heterocycles. The Morgan fingerprint density at radius 3 is 2.18 bits per heavy atom. The van der Waals surface area contributed by atoms with Crippen LogP contribution in [0.1, 0.15) is 36.0 Å². The molecular formula is C19H22F3N3O3. The minimum absolute atomic E-state index is 0.249. The lowest BCUT2D eigenvalue weighted by atomic mass is 10.1. The Hall–Kier alpha value is -2.94. The highest BCUT2D eigenvalue weighted by atomic mass is 19.2. The van der Waals surface area contributed by atoms with Crippen molar-refractivity contribution in [3.05, 3.63) is 59.7 Å². The highest BCUT2D eigenvalue weighted by molar-refractivity contribution is 5.92. The van der Waals surface area contributed by atoms with Crippen molar-refractivity contribution in [2.24, 2.45) is 11.5 Å². The molecule has 2 rings (SSSR count). The van der Waals surface area contributed by atoms with E-state index in [1.165, 1.54) is 12.4 Å². The summed E-state index contributed by atoms with van der Waals surface area (Å²) in [6.07, 6.45) is 5.58. The number of primary amides is 1. The minimum atomic E-state index is -1.42. The molecule has 0 aliphatic carbocycles. The molecule has 0 bridgehead atoms. The summed E-state index contributed by atoms with van der Waals surface area (Å²) in [7, 11) is 0. The van der Waals surface area contributed by atoms with E-state index in [4.69, 9.17) is 16.2 Å². The van der Waals surface area contributed by atoms with Gasteiger partial charge in [-0.1, -0.05) is 6.42 Å². The number of nitrogens with zero attached hydrogens (tertiary/aromatic N) is 1. The van der Waals surface area contributed by atoms with Crippen LogP contribution in [-0.4, -0.2) is 29.8 Å². The molecule has 0 atom stereocenters. The number of benzene rings is 1. The van der Waals surface area contributed by atoms with Crippen LogP contribution in [0.2, 0.25) is 0 Å². The van der Waals surface area contributed by atoms with Gasteiger partial charge in [0.25, 0.3) is 0 Å². The fraction of sp³-hybridized carbons (Fsp3) is 0.316. The van der Waals surface area contributed by atoms with Gasteiger partial charge in [0.15, 0.2) is 23.2 Å². The summed E-state index contributed by atoms with van der Waals surface area (Å²) in [6.45, 7) is 0.0876. The molecule has 0 aliphatic rings. The number of aromatic nitrogens is 1. The van der Waals surface area contributed by atoms with Crippen molar-refractivity contribution in [1.82, 2.24) is 4.98 Å². The zero-order valence-electron chi connectivity index (χ0n) is 15.2. The number of rotatable bonds is 9. The van der Waals surface area contributed by atoms with Crippen LogP contribution in [0.4, 0.5) is 13.2 Å². The molecule has 1 heterocycles. The van der Waals surface area contributed by atoms with E-state index < -0.39 is 35.7 Å². The first kappa shape index (κ1) is 23.1. The molecule has 0 fully saturated rings. The highest BCUT2D eigenvalue weighted by Crippen LogP contribution is 2.23. The molecule has 0 saturated carbocycles. The Balaban J connectivity index is 0.000000362. The van der Waals surface area contributed by atoms with Crippen LogP contribution in [0.15, 0.2) is 36.7 Å². The van der Waals surface area contributed by atoms with Crippen molar-refractivity contribution in [2.75, 3.05) is 13.2 Å². The molecule has 1 aromatic heterocycles. The van der Waals surface area contributed by atoms with E-state index in [-0.39, 0.29) is 12.2 Å². The van der Waals surface area contributed by atoms with Gasteiger partial charge in [-0.15, -0.1) is 0 Å². The Labute approximate surface area is 160 Å². The van der Waals surface area contributed by atoms with Gasteiger partial charge < -0.3 is 16.2 Å². The van der Waals surface area contributed by atoms with Gasteiger partial charge in [-0.25, -0.2) is 8.78 Å². The molecule has 0 radical (unpaired) electrons. The number of amides is 1. The Bertz CT molecular complexity index is 774. The molecule has 6 nitrogen and oxygen atoms in total. The largest absolute Gasteiger partial charge is 0.480 e. The van der Waals surface area contributed by atoms with E-state index in [2.05, 4.69) is 4.98 Å². The molecular weight excluding hydrogens is 375 g/mol. The number of nitrogens with two attached hydrogens (primary N) is 2. The molecule has 0 unspecified atom stereocenters. The summed E-state index contributed by atoms with van der Waals surface area (Å²) >= 11 is 0. The second-order valence-electron chi connectivity index (χ2n) is 5.70. The summed E-state index contributed by atoms with van der Waals surface area (Å²) in [6, 6.07) is 4.55. The fourth-order valence-corrected chi connectivity index (χ4v) is 2.03. The second kappa shape index (κ2) is 12.4. The molecule has 2 aromatic rings. The zero-order chi connectivity index (χ0) is 20.9. The summed E-state index contributed by atoms with van der Waals surface area (Å²) in [5.41, 5.74) is 10.7. The molecule has 4 N–H and O–H groups in total. The summed E-state index contributed by atoms with van der Waals surface area (Å²) < 4.78 is 43.9. The fourth-order valence-electron chi connectivity index (χ4n) is 2.03. The van der Waals surface area contributed by atoms with Gasteiger partial charge in [-0.3, -0.25) is 14.6 Å². The highest BCUT2D eigenvalue weighted by Gasteiger charge is 2.16. The van der Waals surface area contributed by atoms with Crippen molar-refractivity contribution >= 4 is 11.7 Å². The zero-order valence-corrected chi connectivity index (χ0v) is 15.2. The van der Waals surface area contributed by atoms with Gasteiger partial charge in [0.1, 0.15) is 6.61 Å². The van der Waals surface area contributed by atoms with Crippen LogP contribution in [-0.2, 0) is 4.79 Å². The first-order valence-electron chi connectivity index (χ1n) is 8.54. The third kappa shape index (κ3) is 8.17. The normalized spacial score (nSPS) is 10.0. The van der Waals surface area contributed by atoms with Gasteiger partial charge in [-0.2, -0.15) is 4.39 Å². The minimum Gasteiger partial charge on any atom is -0.480 e. The maximum Gasteiger partial charge on any atom is 0.248 e. The average Bonchev–Trinajstić information content (AvgIpc) is 2.69. The maximum absolute atomic E-state index is 13.2. The van der Waals surface area contributed by atoms with Crippen LogP contribution in [0.3, 0.4) is 0 Å². The predicted molar refractivity (Wildman–Crippen MR) is 97.1 cm³/mol. The Morgan fingerprint density at radius 1 is 0.964 bits per heavy atom. The number of hydrogen-bond acceptors (Lipinski definition) is 5. The molecule has 28 heavy (non-hydrogen) atoms. The van der Waals surface area contributed by atoms with Gasteiger partial charge in [0, 0.05) is 24.4 Å². The van der Waals surface area contributed by atoms with E-state index in [1.54, 1.807) is 12.1 Å². The van der Waals surface area contributed by atoms with Gasteiger partial charge in [0.05, 0.1) is 0 Å². The average molecular weight is 397 g/mol. The van der Waals surface area contributed by atoms with E-state index >= 15 is 0 Å². The van der Waals surface area contributed by atoms with Crippen LogP contribution in [0.25, 0.3) is 0 Å². The maximum atomic E-state index is 13.2. The summed E-state index contributed by atoms with van der Waals surface area (Å²) in [4.78, 5) is 25.5. The number of unbranched alkanes of at least 4 members (excludes halogenated alkanes) is 2. The summed E-state index contributed by atoms with van der Waals surface area (Å²) in [5, 5.41) is 0. The smallest absolute Gasteiger partial charge is 0.248 e. The number of halogens is 3. The second-order valence-corrected chi connectivity index (χ2v) is 5.70. The summed E-state index contributed by atoms with van der Waals surface area (Å²) in [5.74, 6) is -5.23. The lowest BCUT2D eigenvalue weighted by molar-refractivity contribution is -0.121. The van der Waals surface area contributed by atoms with E-state index in [1.807, 2.05) is 0 Å². The van der Waals surface area contributed by atoms with Crippen molar-refractivity contribution in [2.45, 2.75) is 25.7 Å². The van der Waals surface area contributed by atoms with E-state index in [0.717, 1.165) is 18.9 Å². The Morgan fingerprint density at radius 2 is 1.61 bits per heavy atom. The Kier molecular flexibility index (Phi) is 10.3. The van der Waals surface area contributed by atoms with E-state index in [0.29, 0.717) is 24.6 Å². The number of pyridine rings is 1. The SMILES string of the molecule is NC(=O)c1ccncc1.NCCCCCC(=O)COc1c(F)ccc(F)c1F. The number of ketones is 1. The van der Waals surface area contributed by atoms with Crippen molar-refractivity contribution in [3.63, 3.8) is 0 Å². The van der Waals surface area contributed by atoms with Crippen LogP contribution in [0.5, 0.6) is 5.75 Å². The van der Waals surface area contributed by atoms with Crippen molar-refractivity contribution < 1.29 is 27.5 Å².